The zero-order chi connectivity index (χ0) is 6.24. The molecule has 0 aliphatic heterocycles. The quantitative estimate of drug-likeness (QED) is 0.402. The van der Waals surface area contributed by atoms with E-state index in [0.29, 0.717) is 0 Å². The van der Waals surface area contributed by atoms with E-state index in [2.05, 4.69) is 0 Å². The monoisotopic (exact) mass is 133 g/mol. The van der Waals surface area contributed by atoms with Crippen LogP contribution in [0.1, 0.15) is 19.3 Å². The molecule has 0 aliphatic rings. The second-order valence-electron chi connectivity index (χ2n) is 1.84. The van der Waals surface area contributed by atoms with Crippen LogP contribution in [0.4, 0.5) is 0 Å². The van der Waals surface area contributed by atoms with Crippen molar-refractivity contribution in [2.75, 3.05) is 13.2 Å². The minimum atomic E-state index is 0.821. The van der Waals surface area contributed by atoms with E-state index in [9.17, 15) is 0 Å². The normalized spacial score (nSPS) is 10.1. The molecule has 50 valence electrons. The average Bonchev–Trinajstić information content (AvgIpc) is 1.81. The van der Waals surface area contributed by atoms with Gasteiger partial charge in [-0.05, 0) is 25.8 Å². The highest BCUT2D eigenvalue weighted by molar-refractivity contribution is 5.97. The largest absolute Gasteiger partial charge is 0.428 e. The Bertz CT molecular complexity index is 37.4. The van der Waals surface area contributed by atoms with Crippen LogP contribution in [0.25, 0.3) is 0 Å². The molecule has 0 rings (SSSR count). The molecule has 2 nitrogen and oxygen atoms in total. The highest BCUT2D eigenvalue weighted by atomic mass is 28.2. The third-order valence-electron chi connectivity index (χ3n) is 1.05. The Morgan fingerprint density at radius 1 is 1.25 bits per heavy atom. The molecule has 2 N–H and O–H groups in total. The summed E-state index contributed by atoms with van der Waals surface area (Å²) >= 11 is 0. The van der Waals surface area contributed by atoms with Crippen molar-refractivity contribution < 1.29 is 4.43 Å². The second-order valence-corrected chi connectivity index (χ2v) is 2.42. The summed E-state index contributed by atoms with van der Waals surface area (Å²) in [5, 5.41) is 0. The SMILES string of the molecule is NCCCCCO[SiH3]. The van der Waals surface area contributed by atoms with Gasteiger partial charge in [0, 0.05) is 6.61 Å². The van der Waals surface area contributed by atoms with E-state index >= 15 is 0 Å². The van der Waals surface area contributed by atoms with Crippen LogP contribution in [-0.4, -0.2) is 23.6 Å². The van der Waals surface area contributed by atoms with Crippen LogP contribution in [0.2, 0.25) is 0 Å². The summed E-state index contributed by atoms with van der Waals surface area (Å²) in [4.78, 5) is 0. The van der Waals surface area contributed by atoms with Gasteiger partial charge >= 0.3 is 0 Å². The van der Waals surface area contributed by atoms with Gasteiger partial charge in [0.2, 0.25) is 0 Å². The fourth-order valence-electron chi connectivity index (χ4n) is 0.568. The summed E-state index contributed by atoms with van der Waals surface area (Å²) in [6.45, 7) is 1.76. The van der Waals surface area contributed by atoms with Crippen LogP contribution < -0.4 is 5.73 Å². The summed E-state index contributed by atoms with van der Waals surface area (Å²) in [5.41, 5.74) is 5.28. The van der Waals surface area contributed by atoms with Crippen LogP contribution in [0, 0.1) is 0 Å². The van der Waals surface area contributed by atoms with Gasteiger partial charge in [-0.15, -0.1) is 0 Å². The fraction of sp³-hybridized carbons (Fsp3) is 1.00. The molecule has 0 aromatic carbocycles. The molecule has 0 aliphatic carbocycles. The zero-order valence-corrected chi connectivity index (χ0v) is 7.52. The minimum Gasteiger partial charge on any atom is -0.428 e. The molecular weight excluding hydrogens is 118 g/mol. The van der Waals surface area contributed by atoms with Crippen molar-refractivity contribution in [1.82, 2.24) is 0 Å². The molecule has 3 heteroatoms. The first-order valence-corrected chi connectivity index (χ1v) is 3.92. The first-order valence-electron chi connectivity index (χ1n) is 3.11. The number of hydrogen-bond acceptors (Lipinski definition) is 2. The van der Waals surface area contributed by atoms with Gasteiger partial charge in [-0.25, -0.2) is 0 Å². The summed E-state index contributed by atoms with van der Waals surface area (Å²) in [6.07, 6.45) is 3.55. The highest BCUT2D eigenvalue weighted by Gasteiger charge is 1.83. The van der Waals surface area contributed by atoms with Crippen LogP contribution in [-0.2, 0) is 4.43 Å². The third-order valence-corrected chi connectivity index (χ3v) is 1.46. The van der Waals surface area contributed by atoms with Gasteiger partial charge in [-0.1, -0.05) is 0 Å². The highest BCUT2D eigenvalue weighted by Crippen LogP contribution is 1.91. The van der Waals surface area contributed by atoms with E-state index in [1.807, 2.05) is 0 Å². The Balaban J connectivity index is 2.53. The summed E-state index contributed by atoms with van der Waals surface area (Å²) < 4.78 is 4.99. The van der Waals surface area contributed by atoms with Crippen molar-refractivity contribution in [3.63, 3.8) is 0 Å². The summed E-state index contributed by atoms with van der Waals surface area (Å²) in [6, 6.07) is 0. The lowest BCUT2D eigenvalue weighted by Crippen LogP contribution is -1.99. The van der Waals surface area contributed by atoms with E-state index in [4.69, 9.17) is 10.2 Å². The number of hydrogen-bond donors (Lipinski definition) is 1. The molecule has 0 unspecified atom stereocenters. The van der Waals surface area contributed by atoms with E-state index in [0.717, 1.165) is 30.1 Å². The molecule has 0 fully saturated rings. The smallest absolute Gasteiger partial charge is 0.145 e. The lowest BCUT2D eigenvalue weighted by Gasteiger charge is -1.95. The Morgan fingerprint density at radius 2 is 2.00 bits per heavy atom. The van der Waals surface area contributed by atoms with Crippen molar-refractivity contribution in [2.45, 2.75) is 19.3 Å². The topological polar surface area (TPSA) is 35.2 Å². The van der Waals surface area contributed by atoms with Gasteiger partial charge in [0.25, 0.3) is 0 Å². The van der Waals surface area contributed by atoms with E-state index < -0.39 is 0 Å². The molecule has 0 atom stereocenters. The Morgan fingerprint density at radius 3 is 2.50 bits per heavy atom. The predicted molar refractivity (Wildman–Crippen MR) is 38.8 cm³/mol. The molecule has 0 aromatic heterocycles. The fourth-order valence-corrected chi connectivity index (χ4v) is 0.856. The third kappa shape index (κ3) is 6.14. The van der Waals surface area contributed by atoms with Gasteiger partial charge in [-0.3, -0.25) is 0 Å². The van der Waals surface area contributed by atoms with E-state index in [1.54, 1.807) is 0 Å². The van der Waals surface area contributed by atoms with Crippen LogP contribution >= 0.6 is 0 Å². The molecule has 0 amide bonds. The molecule has 0 aromatic rings. The molecule has 8 heavy (non-hydrogen) atoms. The number of nitrogens with two attached hydrogens (primary N) is 1. The summed E-state index contributed by atoms with van der Waals surface area (Å²) in [7, 11) is 0.876. The van der Waals surface area contributed by atoms with Gasteiger partial charge in [0.1, 0.15) is 10.5 Å². The average molecular weight is 133 g/mol. The zero-order valence-electron chi connectivity index (χ0n) is 5.52. The number of unbranched alkanes of at least 4 members (excludes halogenated alkanes) is 2. The Labute approximate surface area is 53.9 Å². The lowest BCUT2D eigenvalue weighted by atomic mass is 10.2. The van der Waals surface area contributed by atoms with Crippen LogP contribution in [0.3, 0.4) is 0 Å². The summed E-state index contributed by atoms with van der Waals surface area (Å²) in [5.74, 6) is 0. The first-order chi connectivity index (χ1) is 3.91. The first kappa shape index (κ1) is 8.14. The molecule has 0 heterocycles. The van der Waals surface area contributed by atoms with Crippen molar-refractivity contribution in [2.24, 2.45) is 5.73 Å². The van der Waals surface area contributed by atoms with Crippen molar-refractivity contribution >= 4 is 10.5 Å². The standard InChI is InChI=1S/C5H15NOSi/c6-4-2-1-3-5-7-8/h1-6H2,8H3. The molecule has 0 bridgehead atoms. The van der Waals surface area contributed by atoms with Crippen LogP contribution in [0.15, 0.2) is 0 Å². The van der Waals surface area contributed by atoms with Gasteiger partial charge in [0.15, 0.2) is 0 Å². The van der Waals surface area contributed by atoms with Gasteiger partial charge in [0.05, 0.1) is 0 Å². The lowest BCUT2D eigenvalue weighted by molar-refractivity contribution is 0.334. The van der Waals surface area contributed by atoms with Crippen LogP contribution in [0.5, 0.6) is 0 Å². The molecule has 0 saturated heterocycles. The number of rotatable bonds is 5. The van der Waals surface area contributed by atoms with Gasteiger partial charge in [-0.2, -0.15) is 0 Å². The maximum Gasteiger partial charge on any atom is 0.145 e. The Kier molecular flexibility index (Phi) is 7.26. The predicted octanol–water partition coefficient (Wildman–Crippen LogP) is -0.588. The minimum absolute atomic E-state index is 0.821. The maximum absolute atomic E-state index is 5.28. The van der Waals surface area contributed by atoms with E-state index in [1.165, 1.54) is 12.8 Å². The molecular formula is C5H15NOSi. The van der Waals surface area contributed by atoms with Crippen molar-refractivity contribution in [3.8, 4) is 0 Å². The molecule has 0 saturated carbocycles. The van der Waals surface area contributed by atoms with Crippen molar-refractivity contribution in [1.29, 1.82) is 0 Å². The Hall–Kier alpha value is 0.137. The molecule has 0 spiro atoms. The van der Waals surface area contributed by atoms with Gasteiger partial charge < -0.3 is 10.2 Å². The van der Waals surface area contributed by atoms with E-state index in [-0.39, 0.29) is 0 Å². The maximum atomic E-state index is 5.28. The molecule has 0 radical (unpaired) electrons. The van der Waals surface area contributed by atoms with Crippen molar-refractivity contribution in [3.05, 3.63) is 0 Å². The second kappa shape index (κ2) is 7.14.